The molecule has 2 rings (SSSR count). The maximum Gasteiger partial charge on any atom is 0.295 e. The van der Waals surface area contributed by atoms with Gasteiger partial charge in [0.25, 0.3) is 5.91 Å². The highest BCUT2D eigenvalue weighted by Gasteiger charge is 2.05. The number of carbonyl (C=O) groups is 1. The van der Waals surface area contributed by atoms with Gasteiger partial charge in [-0.2, -0.15) is 0 Å². The Balaban J connectivity index is 2.05. The molecule has 1 amide bonds. The highest BCUT2D eigenvalue weighted by Crippen LogP contribution is 2.28. The molecular formula is C14H12ClNOS. The molecule has 1 aromatic heterocycles. The van der Waals surface area contributed by atoms with Crippen LogP contribution in [0.25, 0.3) is 10.1 Å². The summed E-state index contributed by atoms with van der Waals surface area (Å²) >= 11 is 7.68. The van der Waals surface area contributed by atoms with Crippen LogP contribution in [0.4, 0.5) is 0 Å². The summed E-state index contributed by atoms with van der Waals surface area (Å²) in [6, 6.07) is 5.88. The average Bonchev–Trinajstić information content (AvgIpc) is 2.72. The van der Waals surface area contributed by atoms with E-state index in [1.165, 1.54) is 15.6 Å². The van der Waals surface area contributed by atoms with Gasteiger partial charge < -0.3 is 5.32 Å². The second-order valence-electron chi connectivity index (χ2n) is 3.78. The molecule has 0 aliphatic rings. The SMILES string of the molecule is CC#CC(=O)NCCc1csc2ccc(Cl)cc12. The largest absolute Gasteiger partial charge is 0.345 e. The van der Waals surface area contributed by atoms with Crippen LogP contribution in [0.5, 0.6) is 0 Å². The topological polar surface area (TPSA) is 29.1 Å². The van der Waals surface area contributed by atoms with Crippen molar-refractivity contribution in [2.75, 3.05) is 6.54 Å². The van der Waals surface area contributed by atoms with Gasteiger partial charge in [0, 0.05) is 16.3 Å². The summed E-state index contributed by atoms with van der Waals surface area (Å²) in [5.41, 5.74) is 1.21. The van der Waals surface area contributed by atoms with Crippen LogP contribution < -0.4 is 5.32 Å². The molecule has 0 atom stereocenters. The van der Waals surface area contributed by atoms with E-state index in [0.717, 1.165) is 11.4 Å². The summed E-state index contributed by atoms with van der Waals surface area (Å²) in [6.07, 6.45) is 0.789. The first-order valence-electron chi connectivity index (χ1n) is 5.57. The molecule has 0 fully saturated rings. The van der Waals surface area contributed by atoms with Crippen LogP contribution in [0.15, 0.2) is 23.6 Å². The molecule has 0 radical (unpaired) electrons. The van der Waals surface area contributed by atoms with Gasteiger partial charge in [-0.25, -0.2) is 0 Å². The third-order valence-electron chi connectivity index (χ3n) is 2.53. The number of halogens is 1. The van der Waals surface area contributed by atoms with Crippen LogP contribution in [-0.4, -0.2) is 12.5 Å². The molecule has 0 spiro atoms. The Morgan fingerprint density at radius 3 is 3.11 bits per heavy atom. The van der Waals surface area contributed by atoms with E-state index < -0.39 is 0 Å². The Bertz CT molecular complexity index is 636. The van der Waals surface area contributed by atoms with Crippen LogP contribution in [-0.2, 0) is 11.2 Å². The highest BCUT2D eigenvalue weighted by molar-refractivity contribution is 7.17. The zero-order chi connectivity index (χ0) is 13.0. The fraction of sp³-hybridized carbons (Fsp3) is 0.214. The number of fused-ring (bicyclic) bond motifs is 1. The lowest BCUT2D eigenvalue weighted by Crippen LogP contribution is -2.23. The number of nitrogens with one attached hydrogen (secondary N) is 1. The van der Waals surface area contributed by atoms with Crippen molar-refractivity contribution in [3.63, 3.8) is 0 Å². The maximum absolute atomic E-state index is 11.2. The van der Waals surface area contributed by atoms with E-state index in [9.17, 15) is 4.79 Å². The van der Waals surface area contributed by atoms with Crippen molar-refractivity contribution in [3.8, 4) is 11.8 Å². The van der Waals surface area contributed by atoms with E-state index in [0.29, 0.717) is 6.54 Å². The standard InChI is InChI=1S/C14H12ClNOS/c1-2-3-14(17)16-7-6-10-9-18-13-5-4-11(15)8-12(10)13/h4-5,8-9H,6-7H2,1H3,(H,16,17). The smallest absolute Gasteiger partial charge is 0.295 e. The molecule has 92 valence electrons. The molecule has 4 heteroatoms. The minimum absolute atomic E-state index is 0.227. The molecular weight excluding hydrogens is 266 g/mol. The van der Waals surface area contributed by atoms with Crippen LogP contribution in [0.1, 0.15) is 12.5 Å². The van der Waals surface area contributed by atoms with Gasteiger partial charge >= 0.3 is 0 Å². The van der Waals surface area contributed by atoms with E-state index in [1.54, 1.807) is 18.3 Å². The fourth-order valence-electron chi connectivity index (χ4n) is 1.72. The van der Waals surface area contributed by atoms with Crippen molar-refractivity contribution in [1.82, 2.24) is 5.32 Å². The van der Waals surface area contributed by atoms with Crippen molar-refractivity contribution in [2.24, 2.45) is 0 Å². The van der Waals surface area contributed by atoms with Gasteiger partial charge in [0.15, 0.2) is 0 Å². The molecule has 0 aliphatic carbocycles. The second-order valence-corrected chi connectivity index (χ2v) is 5.13. The summed E-state index contributed by atoms with van der Waals surface area (Å²) in [4.78, 5) is 11.2. The number of hydrogen-bond acceptors (Lipinski definition) is 2. The number of hydrogen-bond donors (Lipinski definition) is 1. The van der Waals surface area contributed by atoms with Gasteiger partial charge in [0.1, 0.15) is 0 Å². The zero-order valence-electron chi connectivity index (χ0n) is 9.92. The van der Waals surface area contributed by atoms with Gasteiger partial charge in [0.2, 0.25) is 0 Å². The van der Waals surface area contributed by atoms with Crippen molar-refractivity contribution in [1.29, 1.82) is 0 Å². The molecule has 0 saturated carbocycles. The molecule has 0 unspecified atom stereocenters. The first-order chi connectivity index (χ1) is 8.70. The minimum atomic E-state index is -0.227. The van der Waals surface area contributed by atoms with Crippen LogP contribution in [0, 0.1) is 11.8 Å². The molecule has 18 heavy (non-hydrogen) atoms. The molecule has 0 saturated heterocycles. The Hall–Kier alpha value is -1.50. The van der Waals surface area contributed by atoms with E-state index in [2.05, 4.69) is 22.5 Å². The predicted octanol–water partition coefficient (Wildman–Crippen LogP) is 3.24. The first kappa shape index (κ1) is 12.9. The van der Waals surface area contributed by atoms with E-state index in [4.69, 9.17) is 11.6 Å². The summed E-state index contributed by atoms with van der Waals surface area (Å²) in [7, 11) is 0. The Morgan fingerprint density at radius 1 is 1.50 bits per heavy atom. The molecule has 0 aliphatic heterocycles. The van der Waals surface area contributed by atoms with Crippen LogP contribution in [0.2, 0.25) is 5.02 Å². The number of benzene rings is 1. The van der Waals surface area contributed by atoms with Gasteiger partial charge in [-0.1, -0.05) is 17.5 Å². The fourth-order valence-corrected chi connectivity index (χ4v) is 2.87. The Morgan fingerprint density at radius 2 is 2.33 bits per heavy atom. The van der Waals surface area contributed by atoms with Crippen molar-refractivity contribution < 1.29 is 4.79 Å². The number of thiophene rings is 1. The third kappa shape index (κ3) is 3.04. The summed E-state index contributed by atoms with van der Waals surface area (Å²) < 4.78 is 1.22. The Labute approximate surface area is 115 Å². The van der Waals surface area contributed by atoms with Gasteiger partial charge in [-0.05, 0) is 53.8 Å². The van der Waals surface area contributed by atoms with Gasteiger partial charge in [0.05, 0.1) is 0 Å². The molecule has 2 aromatic rings. The minimum Gasteiger partial charge on any atom is -0.345 e. The molecule has 1 heterocycles. The van der Waals surface area contributed by atoms with Crippen LogP contribution >= 0.6 is 22.9 Å². The molecule has 0 bridgehead atoms. The normalized spacial score (nSPS) is 9.89. The highest BCUT2D eigenvalue weighted by atomic mass is 35.5. The van der Waals surface area contributed by atoms with Gasteiger partial charge in [-0.15, -0.1) is 11.3 Å². The number of rotatable bonds is 3. The first-order valence-corrected chi connectivity index (χ1v) is 6.82. The van der Waals surface area contributed by atoms with Crippen molar-refractivity contribution in [3.05, 3.63) is 34.2 Å². The lowest BCUT2D eigenvalue weighted by molar-refractivity contribution is -0.115. The summed E-state index contributed by atoms with van der Waals surface area (Å²) in [5, 5.41) is 6.78. The van der Waals surface area contributed by atoms with Crippen molar-refractivity contribution >= 4 is 38.9 Å². The monoisotopic (exact) mass is 277 g/mol. The van der Waals surface area contributed by atoms with Crippen molar-refractivity contribution in [2.45, 2.75) is 13.3 Å². The van der Waals surface area contributed by atoms with E-state index in [-0.39, 0.29) is 5.91 Å². The third-order valence-corrected chi connectivity index (χ3v) is 3.78. The number of amides is 1. The lowest BCUT2D eigenvalue weighted by Gasteiger charge is -2.01. The van der Waals surface area contributed by atoms with E-state index >= 15 is 0 Å². The van der Waals surface area contributed by atoms with Crippen LogP contribution in [0.3, 0.4) is 0 Å². The lowest BCUT2D eigenvalue weighted by atomic mass is 10.1. The summed E-state index contributed by atoms with van der Waals surface area (Å²) in [5.74, 6) is 4.80. The zero-order valence-corrected chi connectivity index (χ0v) is 11.5. The Kier molecular flexibility index (Phi) is 4.24. The van der Waals surface area contributed by atoms with Gasteiger partial charge in [-0.3, -0.25) is 4.79 Å². The number of carbonyl (C=O) groups excluding carboxylic acids is 1. The maximum atomic E-state index is 11.2. The average molecular weight is 278 g/mol. The second kappa shape index (κ2) is 5.90. The predicted molar refractivity (Wildman–Crippen MR) is 77.0 cm³/mol. The quantitative estimate of drug-likeness (QED) is 0.858. The molecule has 1 N–H and O–H groups in total. The van der Waals surface area contributed by atoms with E-state index in [1.807, 2.05) is 18.2 Å². The summed E-state index contributed by atoms with van der Waals surface area (Å²) in [6.45, 7) is 2.24. The molecule has 2 nitrogen and oxygen atoms in total. The molecule has 1 aromatic carbocycles.